The molecule has 0 aromatic carbocycles. The molecule has 1 aliphatic rings. The molecule has 1 N–H and O–H groups in total. The third kappa shape index (κ3) is 3.29. The van der Waals surface area contributed by atoms with E-state index in [-0.39, 0.29) is 0 Å². The monoisotopic (exact) mass is 267 g/mol. The fourth-order valence-corrected chi connectivity index (χ4v) is 3.96. The molecule has 0 spiro atoms. The maximum Gasteiger partial charge on any atom is 0.131 e. The highest BCUT2D eigenvalue weighted by atomic mass is 32.1. The lowest BCUT2D eigenvalue weighted by molar-refractivity contribution is 0.198. The Balaban J connectivity index is 2.00. The Bertz CT molecular complexity index is 373. The third-order valence-electron chi connectivity index (χ3n) is 3.99. The molecular formula is C14H25N3S. The summed E-state index contributed by atoms with van der Waals surface area (Å²) in [5.74, 6) is 0.615. The Morgan fingerprint density at radius 2 is 2.17 bits per heavy atom. The van der Waals surface area contributed by atoms with Gasteiger partial charge in [0.2, 0.25) is 0 Å². The lowest BCUT2D eigenvalue weighted by atomic mass is 9.69. The first-order valence-corrected chi connectivity index (χ1v) is 7.98. The molecule has 1 aromatic rings. The van der Waals surface area contributed by atoms with Crippen LogP contribution in [0.15, 0.2) is 0 Å². The lowest BCUT2D eigenvalue weighted by Crippen LogP contribution is -2.25. The van der Waals surface area contributed by atoms with Crippen molar-refractivity contribution in [1.82, 2.24) is 15.5 Å². The van der Waals surface area contributed by atoms with Gasteiger partial charge >= 0.3 is 0 Å². The van der Waals surface area contributed by atoms with E-state index in [0.717, 1.165) is 18.1 Å². The molecule has 1 heterocycles. The number of hydrogen-bond donors (Lipinski definition) is 1. The summed E-state index contributed by atoms with van der Waals surface area (Å²) in [5, 5.41) is 14.6. The highest BCUT2D eigenvalue weighted by Gasteiger charge is 2.35. The van der Waals surface area contributed by atoms with Gasteiger partial charge in [0.25, 0.3) is 0 Å². The first-order valence-electron chi connectivity index (χ1n) is 7.16. The largest absolute Gasteiger partial charge is 0.310 e. The van der Waals surface area contributed by atoms with Crippen molar-refractivity contribution < 1.29 is 0 Å². The Morgan fingerprint density at radius 3 is 2.89 bits per heavy atom. The first-order chi connectivity index (χ1) is 8.63. The van der Waals surface area contributed by atoms with Crippen LogP contribution in [-0.4, -0.2) is 16.7 Å². The summed E-state index contributed by atoms with van der Waals surface area (Å²) in [4.78, 5) is 0. The first kappa shape index (κ1) is 13.9. The molecule has 2 rings (SSSR count). The molecule has 1 aromatic heterocycles. The molecule has 0 aliphatic heterocycles. The van der Waals surface area contributed by atoms with Gasteiger partial charge in [-0.1, -0.05) is 44.9 Å². The standard InChI is InChI=1S/C14H25N3S/c1-4-9-15-10-12-16-17-13(18-12)11-7-5-6-8-14(11,2)3/h11,15H,4-10H2,1-3H3. The van der Waals surface area contributed by atoms with Crippen LogP contribution < -0.4 is 5.32 Å². The molecule has 1 atom stereocenters. The van der Waals surface area contributed by atoms with Gasteiger partial charge in [0.05, 0.1) is 0 Å². The molecule has 1 unspecified atom stereocenters. The van der Waals surface area contributed by atoms with Gasteiger partial charge in [-0.25, -0.2) is 0 Å². The molecule has 1 aliphatic carbocycles. The zero-order valence-electron chi connectivity index (χ0n) is 11.8. The SMILES string of the molecule is CCCNCc1nnc(C2CCCCC2(C)C)s1. The van der Waals surface area contributed by atoms with Gasteiger partial charge in [0.15, 0.2) is 0 Å². The van der Waals surface area contributed by atoms with Gasteiger partial charge in [-0.3, -0.25) is 0 Å². The zero-order valence-corrected chi connectivity index (χ0v) is 12.6. The molecule has 1 saturated carbocycles. The Morgan fingerprint density at radius 1 is 1.33 bits per heavy atom. The quantitative estimate of drug-likeness (QED) is 0.826. The average Bonchev–Trinajstić information content (AvgIpc) is 2.77. The van der Waals surface area contributed by atoms with Gasteiger partial charge in [-0.2, -0.15) is 0 Å². The van der Waals surface area contributed by atoms with Crippen molar-refractivity contribution in [3.8, 4) is 0 Å². The van der Waals surface area contributed by atoms with Crippen molar-refractivity contribution in [2.24, 2.45) is 5.41 Å². The second-order valence-corrected chi connectivity index (χ2v) is 7.09. The van der Waals surface area contributed by atoms with Crippen LogP contribution in [0.1, 0.15) is 68.8 Å². The molecule has 4 heteroatoms. The highest BCUT2D eigenvalue weighted by Crippen LogP contribution is 2.47. The molecule has 1 fully saturated rings. The Labute approximate surface area is 114 Å². The topological polar surface area (TPSA) is 37.8 Å². The molecule has 3 nitrogen and oxygen atoms in total. The second kappa shape index (κ2) is 6.11. The molecular weight excluding hydrogens is 242 g/mol. The number of rotatable bonds is 5. The zero-order chi connectivity index (χ0) is 13.0. The van der Waals surface area contributed by atoms with Gasteiger partial charge in [-0.15, -0.1) is 10.2 Å². The summed E-state index contributed by atoms with van der Waals surface area (Å²) in [6.45, 7) is 8.88. The summed E-state index contributed by atoms with van der Waals surface area (Å²) in [6, 6.07) is 0. The van der Waals surface area contributed by atoms with Crippen LogP contribution in [0.25, 0.3) is 0 Å². The van der Waals surface area contributed by atoms with Crippen molar-refractivity contribution in [2.75, 3.05) is 6.54 Å². The third-order valence-corrected chi connectivity index (χ3v) is 5.03. The van der Waals surface area contributed by atoms with E-state index < -0.39 is 0 Å². The Kier molecular flexibility index (Phi) is 4.73. The van der Waals surface area contributed by atoms with Crippen LogP contribution in [0.5, 0.6) is 0 Å². The summed E-state index contributed by atoms with van der Waals surface area (Å²) in [7, 11) is 0. The molecule has 18 heavy (non-hydrogen) atoms. The van der Waals surface area contributed by atoms with Crippen LogP contribution in [0.4, 0.5) is 0 Å². The highest BCUT2D eigenvalue weighted by molar-refractivity contribution is 7.11. The van der Waals surface area contributed by atoms with Crippen molar-refractivity contribution in [2.45, 2.75) is 65.3 Å². The summed E-state index contributed by atoms with van der Waals surface area (Å²) >= 11 is 1.81. The average molecular weight is 267 g/mol. The minimum Gasteiger partial charge on any atom is -0.310 e. The van der Waals surface area contributed by atoms with Crippen molar-refractivity contribution in [3.63, 3.8) is 0 Å². The predicted octanol–water partition coefficient (Wildman–Crippen LogP) is 3.72. The molecule has 0 bridgehead atoms. The van der Waals surface area contributed by atoms with E-state index in [4.69, 9.17) is 0 Å². The van der Waals surface area contributed by atoms with Crippen LogP contribution in [0, 0.1) is 5.41 Å². The molecule has 0 amide bonds. The van der Waals surface area contributed by atoms with Crippen LogP contribution in [-0.2, 0) is 6.54 Å². The minimum atomic E-state index is 0.395. The second-order valence-electron chi connectivity index (χ2n) is 6.00. The Hall–Kier alpha value is -0.480. The normalized spacial score (nSPS) is 23.2. The van der Waals surface area contributed by atoms with Crippen LogP contribution in [0.2, 0.25) is 0 Å². The van der Waals surface area contributed by atoms with E-state index >= 15 is 0 Å². The summed E-state index contributed by atoms with van der Waals surface area (Å²) in [5.41, 5.74) is 0.395. The van der Waals surface area contributed by atoms with Gasteiger partial charge < -0.3 is 5.32 Å². The fourth-order valence-electron chi connectivity index (χ4n) is 2.80. The number of nitrogens with zero attached hydrogens (tertiary/aromatic N) is 2. The fraction of sp³-hybridized carbons (Fsp3) is 0.857. The van der Waals surface area contributed by atoms with Crippen LogP contribution >= 0.6 is 11.3 Å². The van der Waals surface area contributed by atoms with Crippen molar-refractivity contribution in [1.29, 1.82) is 0 Å². The van der Waals surface area contributed by atoms with E-state index in [9.17, 15) is 0 Å². The maximum absolute atomic E-state index is 4.44. The van der Waals surface area contributed by atoms with Gasteiger partial charge in [0.1, 0.15) is 10.0 Å². The maximum atomic E-state index is 4.44. The number of hydrogen-bond acceptors (Lipinski definition) is 4. The molecule has 102 valence electrons. The van der Waals surface area contributed by atoms with E-state index in [1.54, 1.807) is 0 Å². The van der Waals surface area contributed by atoms with Crippen molar-refractivity contribution >= 4 is 11.3 Å². The molecule has 0 saturated heterocycles. The summed E-state index contributed by atoms with van der Waals surface area (Å²) in [6.07, 6.45) is 6.48. The smallest absolute Gasteiger partial charge is 0.131 e. The predicted molar refractivity (Wildman–Crippen MR) is 76.9 cm³/mol. The lowest BCUT2D eigenvalue weighted by Gasteiger charge is -2.37. The van der Waals surface area contributed by atoms with E-state index in [0.29, 0.717) is 11.3 Å². The van der Waals surface area contributed by atoms with Crippen LogP contribution in [0.3, 0.4) is 0 Å². The minimum absolute atomic E-state index is 0.395. The van der Waals surface area contributed by atoms with Gasteiger partial charge in [-0.05, 0) is 31.2 Å². The molecule has 0 radical (unpaired) electrons. The number of aromatic nitrogens is 2. The van der Waals surface area contributed by atoms with E-state index in [1.165, 1.54) is 37.1 Å². The summed E-state index contributed by atoms with van der Waals surface area (Å²) < 4.78 is 0. The van der Waals surface area contributed by atoms with E-state index in [1.807, 2.05) is 11.3 Å². The number of nitrogens with one attached hydrogen (secondary N) is 1. The van der Waals surface area contributed by atoms with E-state index in [2.05, 4.69) is 36.3 Å². The van der Waals surface area contributed by atoms with Gasteiger partial charge in [0, 0.05) is 12.5 Å². The van der Waals surface area contributed by atoms with Crippen molar-refractivity contribution in [3.05, 3.63) is 10.0 Å².